The molecular formula is C27H30FNO3. The van der Waals surface area contributed by atoms with Crippen LogP contribution in [0.3, 0.4) is 0 Å². The van der Waals surface area contributed by atoms with E-state index in [1.54, 1.807) is 24.5 Å². The van der Waals surface area contributed by atoms with E-state index in [0.717, 1.165) is 70.5 Å². The summed E-state index contributed by atoms with van der Waals surface area (Å²) >= 11 is 0. The molecule has 0 unspecified atom stereocenters. The van der Waals surface area contributed by atoms with E-state index in [4.69, 9.17) is 9.15 Å². The Morgan fingerprint density at radius 3 is 2.59 bits per heavy atom. The number of fused-ring (bicyclic) bond motifs is 1. The monoisotopic (exact) mass is 435 g/mol. The Labute approximate surface area is 188 Å². The van der Waals surface area contributed by atoms with Crippen LogP contribution in [-0.2, 0) is 4.79 Å². The Hall–Kier alpha value is -3.08. The van der Waals surface area contributed by atoms with Gasteiger partial charge in [-0.25, -0.2) is 4.39 Å². The van der Waals surface area contributed by atoms with E-state index in [9.17, 15) is 9.18 Å². The van der Waals surface area contributed by atoms with Crippen LogP contribution in [0.25, 0.3) is 27.7 Å². The van der Waals surface area contributed by atoms with Crippen molar-refractivity contribution in [3.63, 3.8) is 0 Å². The SMILES string of the molecule is CCOc1c(/C(C)=C/C(=O)N2CCC(C)CC2)cc2c(-c3ccc(F)cc3)coc2c1C. The first-order valence-corrected chi connectivity index (χ1v) is 11.3. The van der Waals surface area contributed by atoms with Crippen LogP contribution in [0, 0.1) is 18.7 Å². The van der Waals surface area contributed by atoms with E-state index < -0.39 is 0 Å². The summed E-state index contributed by atoms with van der Waals surface area (Å²) in [6, 6.07) is 8.40. The quantitative estimate of drug-likeness (QED) is 0.424. The molecule has 4 nitrogen and oxygen atoms in total. The van der Waals surface area contributed by atoms with Crippen LogP contribution in [0.2, 0.25) is 0 Å². The highest BCUT2D eigenvalue weighted by Crippen LogP contribution is 2.40. The van der Waals surface area contributed by atoms with Crippen LogP contribution in [0.4, 0.5) is 4.39 Å². The number of piperidine rings is 1. The van der Waals surface area contributed by atoms with Crippen LogP contribution < -0.4 is 4.74 Å². The van der Waals surface area contributed by atoms with Gasteiger partial charge in [0.25, 0.3) is 0 Å². The molecule has 0 bridgehead atoms. The van der Waals surface area contributed by atoms with Crippen LogP contribution in [0.5, 0.6) is 5.75 Å². The van der Waals surface area contributed by atoms with Crippen LogP contribution >= 0.6 is 0 Å². The summed E-state index contributed by atoms with van der Waals surface area (Å²) in [6.45, 7) is 10.2. The number of aryl methyl sites for hydroxylation is 1. The maximum atomic E-state index is 13.4. The van der Waals surface area contributed by atoms with Gasteiger partial charge >= 0.3 is 0 Å². The van der Waals surface area contributed by atoms with Gasteiger partial charge in [-0.15, -0.1) is 0 Å². The largest absolute Gasteiger partial charge is 0.493 e. The highest BCUT2D eigenvalue weighted by molar-refractivity contribution is 6.01. The number of allylic oxidation sites excluding steroid dienone is 1. The van der Waals surface area contributed by atoms with Gasteiger partial charge in [0.05, 0.1) is 12.9 Å². The topological polar surface area (TPSA) is 42.7 Å². The molecule has 1 saturated heterocycles. The smallest absolute Gasteiger partial charge is 0.246 e. The van der Waals surface area contributed by atoms with Gasteiger partial charge in [-0.05, 0) is 68.9 Å². The molecule has 4 rings (SSSR count). The summed E-state index contributed by atoms with van der Waals surface area (Å²) in [5.41, 5.74) is 5.12. The highest BCUT2D eigenvalue weighted by atomic mass is 19.1. The number of furan rings is 1. The lowest BCUT2D eigenvalue weighted by Crippen LogP contribution is -2.36. The fourth-order valence-corrected chi connectivity index (χ4v) is 4.38. The molecule has 1 aliphatic rings. The first kappa shape index (κ1) is 22.1. The van der Waals surface area contributed by atoms with Gasteiger partial charge in [-0.2, -0.15) is 0 Å². The number of benzene rings is 2. The maximum absolute atomic E-state index is 13.4. The van der Waals surface area contributed by atoms with Gasteiger partial charge < -0.3 is 14.1 Å². The van der Waals surface area contributed by atoms with Crippen molar-refractivity contribution < 1.29 is 18.3 Å². The first-order chi connectivity index (χ1) is 15.4. The third kappa shape index (κ3) is 4.29. The Morgan fingerprint density at radius 2 is 1.94 bits per heavy atom. The van der Waals surface area contributed by atoms with Crippen molar-refractivity contribution in [1.82, 2.24) is 4.90 Å². The van der Waals surface area contributed by atoms with Gasteiger partial charge in [0.2, 0.25) is 5.91 Å². The number of rotatable bonds is 5. The van der Waals surface area contributed by atoms with Crippen molar-refractivity contribution >= 4 is 22.4 Å². The summed E-state index contributed by atoms with van der Waals surface area (Å²) in [5.74, 6) is 1.17. The third-order valence-electron chi connectivity index (χ3n) is 6.35. The third-order valence-corrected chi connectivity index (χ3v) is 6.35. The zero-order valence-electron chi connectivity index (χ0n) is 19.2. The number of carbonyl (C=O) groups is 1. The highest BCUT2D eigenvalue weighted by Gasteiger charge is 2.22. The van der Waals surface area contributed by atoms with Crippen molar-refractivity contribution in [3.8, 4) is 16.9 Å². The second-order valence-corrected chi connectivity index (χ2v) is 8.68. The molecule has 1 amide bonds. The standard InChI is InChI=1S/C27H30FNO3/c1-5-31-26-19(4)27-23(24(16-32-27)20-6-8-21(28)9-7-20)15-22(26)18(3)14-25(30)29-12-10-17(2)11-13-29/h6-9,14-17H,5,10-13H2,1-4H3/b18-14+. The predicted molar refractivity (Wildman–Crippen MR) is 126 cm³/mol. The minimum absolute atomic E-state index is 0.0422. The van der Waals surface area contributed by atoms with Gasteiger partial charge in [0, 0.05) is 41.2 Å². The number of ether oxygens (including phenoxy) is 1. The number of likely N-dealkylation sites (tertiary alicyclic amines) is 1. The van der Waals surface area contributed by atoms with Gasteiger partial charge in [-0.1, -0.05) is 19.1 Å². The second kappa shape index (κ2) is 9.19. The van der Waals surface area contributed by atoms with Crippen molar-refractivity contribution in [1.29, 1.82) is 0 Å². The van der Waals surface area contributed by atoms with Crippen molar-refractivity contribution in [2.75, 3.05) is 19.7 Å². The van der Waals surface area contributed by atoms with Crippen LogP contribution in [-0.4, -0.2) is 30.5 Å². The number of hydrogen-bond donors (Lipinski definition) is 0. The van der Waals surface area contributed by atoms with Crippen molar-refractivity contribution in [2.24, 2.45) is 5.92 Å². The molecule has 1 fully saturated rings. The number of carbonyl (C=O) groups excluding carboxylic acids is 1. The van der Waals surface area contributed by atoms with E-state index in [1.165, 1.54) is 12.1 Å². The summed E-state index contributed by atoms with van der Waals surface area (Å²) in [4.78, 5) is 14.9. The number of nitrogens with zero attached hydrogens (tertiary/aromatic N) is 1. The van der Waals surface area contributed by atoms with E-state index in [0.29, 0.717) is 12.5 Å². The molecule has 32 heavy (non-hydrogen) atoms. The Bertz CT molecular complexity index is 1150. The average molecular weight is 436 g/mol. The summed E-state index contributed by atoms with van der Waals surface area (Å²) in [5, 5.41) is 0.916. The molecule has 1 aliphatic heterocycles. The lowest BCUT2D eigenvalue weighted by Gasteiger charge is -2.29. The minimum Gasteiger partial charge on any atom is -0.493 e. The summed E-state index contributed by atoms with van der Waals surface area (Å²) < 4.78 is 25.3. The molecule has 3 aromatic rings. The number of halogens is 1. The fraction of sp³-hybridized carbons (Fsp3) is 0.370. The second-order valence-electron chi connectivity index (χ2n) is 8.68. The van der Waals surface area contributed by atoms with Gasteiger partial charge in [0.1, 0.15) is 17.1 Å². The minimum atomic E-state index is -0.276. The molecule has 168 valence electrons. The Kier molecular flexibility index (Phi) is 6.35. The van der Waals surface area contributed by atoms with E-state index in [-0.39, 0.29) is 11.7 Å². The zero-order chi connectivity index (χ0) is 22.8. The number of amides is 1. The Balaban J connectivity index is 1.78. The summed E-state index contributed by atoms with van der Waals surface area (Å²) in [7, 11) is 0. The molecule has 0 saturated carbocycles. The molecule has 0 N–H and O–H groups in total. The lowest BCUT2D eigenvalue weighted by atomic mass is 9.96. The summed E-state index contributed by atoms with van der Waals surface area (Å²) in [6.07, 6.45) is 5.51. The molecule has 2 aromatic carbocycles. The molecule has 0 aliphatic carbocycles. The first-order valence-electron chi connectivity index (χ1n) is 11.3. The van der Waals surface area contributed by atoms with E-state index in [2.05, 4.69) is 6.92 Å². The molecule has 0 spiro atoms. The average Bonchev–Trinajstić information content (AvgIpc) is 3.20. The van der Waals surface area contributed by atoms with E-state index in [1.807, 2.05) is 31.7 Å². The normalized spacial score (nSPS) is 15.4. The van der Waals surface area contributed by atoms with Crippen LogP contribution in [0.1, 0.15) is 44.7 Å². The molecule has 5 heteroatoms. The van der Waals surface area contributed by atoms with Crippen LogP contribution in [0.15, 0.2) is 47.1 Å². The Morgan fingerprint density at radius 1 is 1.25 bits per heavy atom. The molecule has 2 heterocycles. The molecule has 0 atom stereocenters. The zero-order valence-corrected chi connectivity index (χ0v) is 19.2. The molecule has 1 aromatic heterocycles. The van der Waals surface area contributed by atoms with Crippen molar-refractivity contribution in [3.05, 3.63) is 59.6 Å². The van der Waals surface area contributed by atoms with E-state index >= 15 is 0 Å². The van der Waals surface area contributed by atoms with Crippen molar-refractivity contribution in [2.45, 2.75) is 40.5 Å². The predicted octanol–water partition coefficient (Wildman–Crippen LogP) is 6.61. The fourth-order valence-electron chi connectivity index (χ4n) is 4.38. The maximum Gasteiger partial charge on any atom is 0.246 e. The van der Waals surface area contributed by atoms with Gasteiger partial charge in [0.15, 0.2) is 0 Å². The lowest BCUT2D eigenvalue weighted by molar-refractivity contribution is -0.127. The number of hydrogen-bond acceptors (Lipinski definition) is 3. The molecule has 0 radical (unpaired) electrons. The molecular weight excluding hydrogens is 405 g/mol. The van der Waals surface area contributed by atoms with Gasteiger partial charge in [-0.3, -0.25) is 4.79 Å².